The first kappa shape index (κ1) is 20.0. The SMILES string of the molecule is Cc1cc(NC(=O)CSc2nnc(Nc3ccccc3F)s2)n(-c2ccccc2)n1. The van der Waals surface area contributed by atoms with Gasteiger partial charge in [-0.3, -0.25) is 4.79 Å². The van der Waals surface area contributed by atoms with Gasteiger partial charge >= 0.3 is 0 Å². The highest BCUT2D eigenvalue weighted by molar-refractivity contribution is 8.01. The zero-order valence-electron chi connectivity index (χ0n) is 15.9. The third kappa shape index (κ3) is 4.84. The lowest BCUT2D eigenvalue weighted by Gasteiger charge is -2.08. The number of hydrogen-bond acceptors (Lipinski definition) is 7. The van der Waals surface area contributed by atoms with E-state index < -0.39 is 0 Å². The molecule has 0 aliphatic rings. The average molecular weight is 441 g/mol. The number of anilines is 3. The summed E-state index contributed by atoms with van der Waals surface area (Å²) in [6.45, 7) is 1.87. The number of nitrogens with one attached hydrogen (secondary N) is 2. The molecule has 7 nitrogen and oxygen atoms in total. The van der Waals surface area contributed by atoms with Gasteiger partial charge in [0.1, 0.15) is 11.6 Å². The Morgan fingerprint density at radius 3 is 2.70 bits per heavy atom. The highest BCUT2D eigenvalue weighted by Crippen LogP contribution is 2.28. The molecule has 2 heterocycles. The number of carbonyl (C=O) groups is 1. The van der Waals surface area contributed by atoms with Crippen LogP contribution in [0.15, 0.2) is 65.0 Å². The second-order valence-electron chi connectivity index (χ2n) is 6.23. The van der Waals surface area contributed by atoms with E-state index in [1.54, 1.807) is 22.9 Å². The highest BCUT2D eigenvalue weighted by atomic mass is 32.2. The fourth-order valence-corrected chi connectivity index (χ4v) is 4.22. The number of benzene rings is 2. The Morgan fingerprint density at radius 1 is 1.13 bits per heavy atom. The highest BCUT2D eigenvalue weighted by Gasteiger charge is 2.13. The van der Waals surface area contributed by atoms with Crippen LogP contribution in [0.1, 0.15) is 5.69 Å². The molecular formula is C20H17FN6OS2. The lowest BCUT2D eigenvalue weighted by molar-refractivity contribution is -0.113. The average Bonchev–Trinajstić information content (AvgIpc) is 3.35. The first-order valence-electron chi connectivity index (χ1n) is 8.98. The third-order valence-electron chi connectivity index (χ3n) is 3.95. The summed E-state index contributed by atoms with van der Waals surface area (Å²) in [5.74, 6) is 0.207. The molecule has 4 aromatic rings. The van der Waals surface area contributed by atoms with Crippen LogP contribution in [0.2, 0.25) is 0 Å². The number of halogens is 1. The summed E-state index contributed by atoms with van der Waals surface area (Å²) in [7, 11) is 0. The number of hydrogen-bond donors (Lipinski definition) is 2. The van der Waals surface area contributed by atoms with Gasteiger partial charge in [-0.15, -0.1) is 10.2 Å². The van der Waals surface area contributed by atoms with Crippen molar-refractivity contribution < 1.29 is 9.18 Å². The van der Waals surface area contributed by atoms with Crippen LogP contribution < -0.4 is 10.6 Å². The van der Waals surface area contributed by atoms with Crippen molar-refractivity contribution in [1.82, 2.24) is 20.0 Å². The topological polar surface area (TPSA) is 84.7 Å². The molecule has 1 amide bonds. The largest absolute Gasteiger partial charge is 0.328 e. The zero-order valence-corrected chi connectivity index (χ0v) is 17.5. The maximum absolute atomic E-state index is 13.7. The van der Waals surface area contributed by atoms with Crippen LogP contribution >= 0.6 is 23.1 Å². The summed E-state index contributed by atoms with van der Waals surface area (Å²) in [4.78, 5) is 12.4. The molecule has 0 atom stereocenters. The molecule has 0 bridgehead atoms. The fraction of sp³-hybridized carbons (Fsp3) is 0.100. The summed E-state index contributed by atoms with van der Waals surface area (Å²) in [6, 6.07) is 17.7. The van der Waals surface area contributed by atoms with Gasteiger partial charge in [-0.25, -0.2) is 9.07 Å². The molecular weight excluding hydrogens is 423 g/mol. The zero-order chi connectivity index (χ0) is 20.9. The van der Waals surface area contributed by atoms with E-state index in [4.69, 9.17) is 0 Å². The van der Waals surface area contributed by atoms with Crippen molar-refractivity contribution in [2.75, 3.05) is 16.4 Å². The summed E-state index contributed by atoms with van der Waals surface area (Å²) in [6.07, 6.45) is 0. The van der Waals surface area contributed by atoms with Gasteiger partial charge in [0.25, 0.3) is 0 Å². The van der Waals surface area contributed by atoms with E-state index >= 15 is 0 Å². The van der Waals surface area contributed by atoms with Crippen LogP contribution in [0, 0.1) is 12.7 Å². The van der Waals surface area contributed by atoms with E-state index in [1.807, 2.05) is 43.3 Å². The summed E-state index contributed by atoms with van der Waals surface area (Å²) in [5.41, 5.74) is 1.99. The molecule has 0 unspecified atom stereocenters. The quantitative estimate of drug-likeness (QED) is 0.407. The van der Waals surface area contributed by atoms with Crippen molar-refractivity contribution in [1.29, 1.82) is 0 Å². The van der Waals surface area contributed by atoms with Crippen molar-refractivity contribution in [3.63, 3.8) is 0 Å². The van der Waals surface area contributed by atoms with Crippen LogP contribution in [0.5, 0.6) is 0 Å². The van der Waals surface area contributed by atoms with E-state index in [9.17, 15) is 9.18 Å². The molecule has 0 spiro atoms. The second-order valence-corrected chi connectivity index (χ2v) is 8.43. The van der Waals surface area contributed by atoms with Gasteiger partial charge in [0.2, 0.25) is 11.0 Å². The van der Waals surface area contributed by atoms with Crippen LogP contribution in [0.4, 0.5) is 21.0 Å². The number of para-hydroxylation sites is 2. The lowest BCUT2D eigenvalue weighted by Crippen LogP contribution is -2.16. The molecule has 30 heavy (non-hydrogen) atoms. The number of rotatable bonds is 7. The lowest BCUT2D eigenvalue weighted by atomic mass is 10.3. The monoisotopic (exact) mass is 440 g/mol. The third-order valence-corrected chi connectivity index (χ3v) is 5.92. The predicted molar refractivity (Wildman–Crippen MR) is 117 cm³/mol. The van der Waals surface area contributed by atoms with E-state index in [-0.39, 0.29) is 17.5 Å². The minimum Gasteiger partial charge on any atom is -0.328 e. The molecule has 152 valence electrons. The fourth-order valence-electron chi connectivity index (χ4n) is 2.66. The molecule has 0 aliphatic carbocycles. The minimum atomic E-state index is -0.369. The Hall–Kier alpha value is -3.24. The molecule has 0 saturated carbocycles. The smallest absolute Gasteiger partial charge is 0.235 e. The number of thioether (sulfide) groups is 1. The summed E-state index contributed by atoms with van der Waals surface area (Å²) in [5, 5.41) is 18.7. The molecule has 0 fully saturated rings. The standard InChI is InChI=1S/C20H17FN6OS2/c1-13-11-17(27(26-13)14-7-3-2-4-8-14)23-18(28)12-29-20-25-24-19(30-20)22-16-10-6-5-9-15(16)21/h2-11H,12H2,1H3,(H,22,24)(H,23,28). The maximum Gasteiger partial charge on any atom is 0.235 e. The van der Waals surface area contributed by atoms with E-state index in [0.717, 1.165) is 11.4 Å². The van der Waals surface area contributed by atoms with Crippen LogP contribution in [-0.2, 0) is 4.79 Å². The Balaban J connectivity index is 1.36. The Labute approximate surface area is 180 Å². The van der Waals surface area contributed by atoms with Gasteiger partial charge in [-0.2, -0.15) is 5.10 Å². The van der Waals surface area contributed by atoms with Gasteiger partial charge in [0, 0.05) is 6.07 Å². The number of nitrogens with zero attached hydrogens (tertiary/aromatic N) is 4. The van der Waals surface area contributed by atoms with Gasteiger partial charge in [-0.1, -0.05) is 53.4 Å². The Kier molecular flexibility index (Phi) is 6.05. The van der Waals surface area contributed by atoms with Gasteiger partial charge in [-0.05, 0) is 31.2 Å². The van der Waals surface area contributed by atoms with Crippen molar-refractivity contribution >= 4 is 45.6 Å². The molecule has 0 saturated heterocycles. The first-order chi connectivity index (χ1) is 14.6. The number of amides is 1. The van der Waals surface area contributed by atoms with Gasteiger partial charge < -0.3 is 10.6 Å². The predicted octanol–water partition coefficient (Wildman–Crippen LogP) is 4.65. The minimum absolute atomic E-state index is 0.160. The maximum atomic E-state index is 13.7. The molecule has 10 heteroatoms. The van der Waals surface area contributed by atoms with Crippen molar-refractivity contribution in [3.05, 3.63) is 72.2 Å². The number of aromatic nitrogens is 4. The molecule has 2 N–H and O–H groups in total. The van der Waals surface area contributed by atoms with Crippen molar-refractivity contribution in [3.8, 4) is 5.69 Å². The van der Waals surface area contributed by atoms with Crippen LogP contribution in [-0.4, -0.2) is 31.6 Å². The van der Waals surface area contributed by atoms with E-state index in [2.05, 4.69) is 25.9 Å². The summed E-state index contributed by atoms with van der Waals surface area (Å²) >= 11 is 2.52. The number of aryl methyl sites for hydroxylation is 1. The van der Waals surface area contributed by atoms with E-state index in [0.29, 0.717) is 21.0 Å². The van der Waals surface area contributed by atoms with Gasteiger partial charge in [0.15, 0.2) is 4.34 Å². The molecule has 4 rings (SSSR count). The first-order valence-corrected chi connectivity index (χ1v) is 10.8. The summed E-state index contributed by atoms with van der Waals surface area (Å²) < 4.78 is 16.0. The Bertz CT molecular complexity index is 1160. The number of carbonyl (C=O) groups excluding carboxylic acids is 1. The van der Waals surface area contributed by atoms with Gasteiger partial charge in [0.05, 0.1) is 22.8 Å². The molecule has 0 radical (unpaired) electrons. The van der Waals surface area contributed by atoms with E-state index in [1.165, 1.54) is 29.2 Å². The molecule has 2 aromatic carbocycles. The van der Waals surface area contributed by atoms with Crippen molar-refractivity contribution in [2.24, 2.45) is 0 Å². The Morgan fingerprint density at radius 2 is 1.90 bits per heavy atom. The van der Waals surface area contributed by atoms with Crippen LogP contribution in [0.25, 0.3) is 5.69 Å². The molecule has 0 aliphatic heterocycles. The molecule has 2 aromatic heterocycles. The van der Waals surface area contributed by atoms with Crippen molar-refractivity contribution in [2.45, 2.75) is 11.3 Å². The van der Waals surface area contributed by atoms with Crippen LogP contribution in [0.3, 0.4) is 0 Å². The second kappa shape index (κ2) is 9.06. The normalized spacial score (nSPS) is 10.7.